The van der Waals surface area contributed by atoms with Crippen molar-refractivity contribution in [3.63, 3.8) is 0 Å². The van der Waals surface area contributed by atoms with Crippen LogP contribution in [0.2, 0.25) is 0 Å². The number of aliphatic hydroxyl groups excluding tert-OH is 1. The van der Waals surface area contributed by atoms with Crippen LogP contribution in [0.5, 0.6) is 0 Å². The lowest BCUT2D eigenvalue weighted by atomic mass is 10.0. The summed E-state index contributed by atoms with van der Waals surface area (Å²) >= 11 is 0. The van der Waals surface area contributed by atoms with Crippen molar-refractivity contribution < 1.29 is 14.6 Å². The average Bonchev–Trinajstić information content (AvgIpc) is 2.55. The minimum absolute atomic E-state index is 0.158. The van der Waals surface area contributed by atoms with Gasteiger partial charge in [0.15, 0.2) is 0 Å². The third-order valence-corrected chi connectivity index (χ3v) is 2.24. The van der Waals surface area contributed by atoms with E-state index in [0.717, 1.165) is 19.6 Å². The monoisotopic (exact) mass is 175 g/mol. The molecule has 1 fully saturated rings. The van der Waals surface area contributed by atoms with E-state index in [4.69, 9.17) is 14.6 Å². The van der Waals surface area contributed by atoms with E-state index in [-0.39, 0.29) is 12.2 Å². The third kappa shape index (κ3) is 2.42. The first-order chi connectivity index (χ1) is 5.83. The van der Waals surface area contributed by atoms with Crippen LogP contribution in [0, 0.1) is 0 Å². The summed E-state index contributed by atoms with van der Waals surface area (Å²) in [5.41, 5.74) is -0.158. The van der Waals surface area contributed by atoms with Gasteiger partial charge in [-0.15, -0.1) is 0 Å². The quantitative estimate of drug-likeness (QED) is 0.546. The van der Waals surface area contributed by atoms with E-state index in [9.17, 15) is 0 Å². The highest BCUT2D eigenvalue weighted by molar-refractivity contribution is 4.86. The van der Waals surface area contributed by atoms with Crippen molar-refractivity contribution in [2.45, 2.75) is 12.0 Å². The maximum atomic E-state index is 8.56. The van der Waals surface area contributed by atoms with E-state index in [1.54, 1.807) is 7.11 Å². The van der Waals surface area contributed by atoms with Crippen molar-refractivity contribution in [2.75, 3.05) is 40.0 Å². The van der Waals surface area contributed by atoms with E-state index >= 15 is 0 Å². The van der Waals surface area contributed by atoms with Crippen molar-refractivity contribution in [3.8, 4) is 0 Å². The summed E-state index contributed by atoms with van der Waals surface area (Å²) in [7, 11) is 1.70. The zero-order valence-corrected chi connectivity index (χ0v) is 7.51. The molecule has 2 N–H and O–H groups in total. The number of aliphatic hydroxyl groups is 1. The summed E-state index contributed by atoms with van der Waals surface area (Å²) < 4.78 is 10.6. The molecule has 0 aromatic heterocycles. The standard InChI is InChI=1S/C8H17NO3/c1-11-8(2-5-12-7-8)6-9-3-4-10/h9-10H,2-7H2,1H3. The predicted octanol–water partition coefficient (Wildman–Crippen LogP) is -0.626. The molecule has 4 nitrogen and oxygen atoms in total. The highest BCUT2D eigenvalue weighted by atomic mass is 16.5. The minimum Gasteiger partial charge on any atom is -0.395 e. The van der Waals surface area contributed by atoms with Gasteiger partial charge in [0.05, 0.1) is 13.2 Å². The van der Waals surface area contributed by atoms with Gasteiger partial charge in [-0.25, -0.2) is 0 Å². The average molecular weight is 175 g/mol. The lowest BCUT2D eigenvalue weighted by Gasteiger charge is -2.25. The Hall–Kier alpha value is -0.160. The summed E-state index contributed by atoms with van der Waals surface area (Å²) in [6, 6.07) is 0. The summed E-state index contributed by atoms with van der Waals surface area (Å²) in [4.78, 5) is 0. The lowest BCUT2D eigenvalue weighted by Crippen LogP contribution is -2.43. The first-order valence-corrected chi connectivity index (χ1v) is 4.27. The maximum absolute atomic E-state index is 8.56. The van der Waals surface area contributed by atoms with Gasteiger partial charge in [0.2, 0.25) is 0 Å². The van der Waals surface area contributed by atoms with Gasteiger partial charge in [0.25, 0.3) is 0 Å². The maximum Gasteiger partial charge on any atom is 0.106 e. The molecule has 0 spiro atoms. The molecule has 0 radical (unpaired) electrons. The van der Waals surface area contributed by atoms with Crippen LogP contribution >= 0.6 is 0 Å². The van der Waals surface area contributed by atoms with Crippen molar-refractivity contribution in [1.82, 2.24) is 5.32 Å². The Balaban J connectivity index is 2.24. The number of hydrogen-bond acceptors (Lipinski definition) is 4. The van der Waals surface area contributed by atoms with Crippen molar-refractivity contribution in [1.29, 1.82) is 0 Å². The summed E-state index contributed by atoms with van der Waals surface area (Å²) in [6.07, 6.45) is 0.932. The lowest BCUT2D eigenvalue weighted by molar-refractivity contribution is -0.0160. The van der Waals surface area contributed by atoms with Gasteiger partial charge < -0.3 is 19.9 Å². The van der Waals surface area contributed by atoms with Crippen LogP contribution < -0.4 is 5.32 Å². The minimum atomic E-state index is -0.158. The van der Waals surface area contributed by atoms with Gasteiger partial charge in [0.1, 0.15) is 5.60 Å². The van der Waals surface area contributed by atoms with Crippen LogP contribution in [0.15, 0.2) is 0 Å². The second-order valence-corrected chi connectivity index (χ2v) is 3.09. The Labute approximate surface area is 72.9 Å². The van der Waals surface area contributed by atoms with Crippen LogP contribution in [0.4, 0.5) is 0 Å². The predicted molar refractivity (Wildman–Crippen MR) is 45.1 cm³/mol. The van der Waals surface area contributed by atoms with Crippen LogP contribution in [-0.4, -0.2) is 50.7 Å². The Morgan fingerprint density at radius 1 is 1.67 bits per heavy atom. The molecule has 0 aromatic carbocycles. The molecule has 1 heterocycles. The molecular weight excluding hydrogens is 158 g/mol. The molecule has 1 atom stereocenters. The second kappa shape index (κ2) is 4.77. The highest BCUT2D eigenvalue weighted by Crippen LogP contribution is 2.21. The fraction of sp³-hybridized carbons (Fsp3) is 1.00. The fourth-order valence-electron chi connectivity index (χ4n) is 1.36. The molecule has 1 aliphatic heterocycles. The van der Waals surface area contributed by atoms with E-state index in [0.29, 0.717) is 13.2 Å². The first-order valence-electron chi connectivity index (χ1n) is 4.27. The second-order valence-electron chi connectivity index (χ2n) is 3.09. The van der Waals surface area contributed by atoms with Crippen molar-refractivity contribution >= 4 is 0 Å². The molecule has 0 bridgehead atoms. The van der Waals surface area contributed by atoms with E-state index in [1.165, 1.54) is 0 Å². The molecule has 0 saturated carbocycles. The van der Waals surface area contributed by atoms with Crippen LogP contribution in [0.1, 0.15) is 6.42 Å². The molecule has 1 saturated heterocycles. The molecule has 1 rings (SSSR count). The molecule has 0 amide bonds. The zero-order valence-electron chi connectivity index (χ0n) is 7.51. The third-order valence-electron chi connectivity index (χ3n) is 2.24. The molecule has 72 valence electrons. The van der Waals surface area contributed by atoms with Crippen LogP contribution in [0.3, 0.4) is 0 Å². The van der Waals surface area contributed by atoms with E-state index in [2.05, 4.69) is 5.32 Å². The Kier molecular flexibility index (Phi) is 3.94. The Morgan fingerprint density at radius 3 is 3.00 bits per heavy atom. The van der Waals surface area contributed by atoms with E-state index in [1.807, 2.05) is 0 Å². The van der Waals surface area contributed by atoms with Gasteiger partial charge in [-0.1, -0.05) is 0 Å². The van der Waals surface area contributed by atoms with Gasteiger partial charge in [-0.05, 0) is 0 Å². The number of methoxy groups -OCH3 is 1. The van der Waals surface area contributed by atoms with Crippen molar-refractivity contribution in [2.24, 2.45) is 0 Å². The highest BCUT2D eigenvalue weighted by Gasteiger charge is 2.34. The molecule has 1 aliphatic rings. The van der Waals surface area contributed by atoms with Gasteiger partial charge >= 0.3 is 0 Å². The largest absolute Gasteiger partial charge is 0.395 e. The molecular formula is C8H17NO3. The van der Waals surface area contributed by atoms with Crippen LogP contribution in [0.25, 0.3) is 0 Å². The smallest absolute Gasteiger partial charge is 0.106 e. The van der Waals surface area contributed by atoms with E-state index < -0.39 is 0 Å². The van der Waals surface area contributed by atoms with Crippen LogP contribution in [-0.2, 0) is 9.47 Å². The zero-order chi connectivity index (χ0) is 8.86. The van der Waals surface area contributed by atoms with Gasteiger partial charge in [-0.3, -0.25) is 0 Å². The number of ether oxygens (including phenoxy) is 2. The fourth-order valence-corrected chi connectivity index (χ4v) is 1.36. The van der Waals surface area contributed by atoms with Gasteiger partial charge in [-0.2, -0.15) is 0 Å². The summed E-state index contributed by atoms with van der Waals surface area (Å²) in [6.45, 7) is 2.96. The van der Waals surface area contributed by atoms with Crippen molar-refractivity contribution in [3.05, 3.63) is 0 Å². The summed E-state index contributed by atoms with van der Waals surface area (Å²) in [5.74, 6) is 0. The topological polar surface area (TPSA) is 50.7 Å². The molecule has 1 unspecified atom stereocenters. The molecule has 0 aromatic rings. The normalized spacial score (nSPS) is 29.5. The first kappa shape index (κ1) is 9.92. The number of nitrogens with one attached hydrogen (secondary N) is 1. The number of hydrogen-bond donors (Lipinski definition) is 2. The molecule has 4 heteroatoms. The summed E-state index contributed by atoms with van der Waals surface area (Å²) in [5, 5.41) is 11.7. The molecule has 0 aliphatic carbocycles. The SMILES string of the molecule is COC1(CNCCO)CCOC1. The number of rotatable bonds is 5. The molecule has 12 heavy (non-hydrogen) atoms. The van der Waals surface area contributed by atoms with Gasteiger partial charge in [0, 0.05) is 33.2 Å². The Bertz CT molecular complexity index is 123. The Morgan fingerprint density at radius 2 is 2.50 bits per heavy atom.